The SMILES string of the molecule is [O]=[V](=[O])[Cl]. The van der Waals surface area contributed by atoms with Crippen molar-refractivity contribution in [1.82, 2.24) is 0 Å². The molecule has 4 heteroatoms. The molecule has 0 aromatic carbocycles. The molecule has 0 amide bonds. The summed E-state index contributed by atoms with van der Waals surface area (Å²) in [5, 5.41) is 0. The normalized spacial score (nSPS) is 6.25. The molecule has 4 heavy (non-hydrogen) atoms. The van der Waals surface area contributed by atoms with Crippen molar-refractivity contribution in [1.29, 1.82) is 0 Å². The summed E-state index contributed by atoms with van der Waals surface area (Å²) in [6.07, 6.45) is 0. The third kappa shape index (κ3) is 23.9. The molecule has 2 nitrogen and oxygen atoms in total. The third-order valence-corrected chi connectivity index (χ3v) is 0. The van der Waals surface area contributed by atoms with Crippen LogP contribution in [0.1, 0.15) is 0 Å². The molecule has 0 aliphatic carbocycles. The number of halogens is 1. The molecule has 0 atom stereocenters. The van der Waals surface area contributed by atoms with Gasteiger partial charge in [-0.1, -0.05) is 0 Å². The summed E-state index contributed by atoms with van der Waals surface area (Å²) in [5.41, 5.74) is 0. The Balaban J connectivity index is 3.51. The molecule has 0 aliphatic rings. The molecular formula is ClO2V. The van der Waals surface area contributed by atoms with E-state index in [0.29, 0.717) is 0 Å². The quantitative estimate of drug-likeness (QED) is 0.463. The van der Waals surface area contributed by atoms with Crippen LogP contribution in [0.4, 0.5) is 0 Å². The minimum absolute atomic E-state index is 3.22. The molecular weight excluding hydrogens is 118 g/mol. The molecule has 0 rings (SSSR count). The van der Waals surface area contributed by atoms with E-state index < -0.39 is 14.1 Å². The van der Waals surface area contributed by atoms with Crippen molar-refractivity contribution in [2.75, 3.05) is 0 Å². The van der Waals surface area contributed by atoms with Gasteiger partial charge in [-0.2, -0.15) is 0 Å². The van der Waals surface area contributed by atoms with Gasteiger partial charge < -0.3 is 0 Å². The van der Waals surface area contributed by atoms with Gasteiger partial charge in [-0.25, -0.2) is 0 Å². The molecule has 0 saturated carbocycles. The van der Waals surface area contributed by atoms with E-state index in [0.717, 1.165) is 0 Å². The Kier molecular flexibility index (Phi) is 1.97. The van der Waals surface area contributed by atoms with Gasteiger partial charge in [0.15, 0.2) is 0 Å². The fourth-order valence-electron chi connectivity index (χ4n) is 0. The Hall–Kier alpha value is 0.474. The molecule has 0 aliphatic heterocycles. The standard InChI is InChI=1S/ClH.2O.V/h1H;;;/q;;;+1/p-1. The molecule has 0 bridgehead atoms. The van der Waals surface area contributed by atoms with Crippen LogP contribution < -0.4 is 0 Å². The summed E-state index contributed by atoms with van der Waals surface area (Å²) in [6.45, 7) is 0. The van der Waals surface area contributed by atoms with Crippen molar-refractivity contribution in [3.63, 3.8) is 0 Å². The van der Waals surface area contributed by atoms with Crippen molar-refractivity contribution in [2.24, 2.45) is 0 Å². The monoisotopic (exact) mass is 118 g/mol. The molecule has 0 radical (unpaired) electrons. The molecule has 24 valence electrons. The second-order valence-electron chi connectivity index (χ2n) is 0.213. The van der Waals surface area contributed by atoms with Crippen molar-refractivity contribution >= 4 is 9.85 Å². The average Bonchev–Trinajstić information content (AvgIpc) is 0.811. The van der Waals surface area contributed by atoms with Crippen LogP contribution in [0, 0.1) is 0 Å². The predicted molar refractivity (Wildman–Crippen MR) is 7.23 cm³/mol. The Labute approximate surface area is 31.9 Å². The zero-order chi connectivity index (χ0) is 3.58. The average molecular weight is 118 g/mol. The van der Waals surface area contributed by atoms with E-state index in [4.69, 9.17) is 7.35 Å². The Morgan fingerprint density at radius 2 is 1.50 bits per heavy atom. The van der Waals surface area contributed by atoms with Gasteiger partial charge in [-0.3, -0.25) is 0 Å². The maximum atomic E-state index is 8.88. The second-order valence-corrected chi connectivity index (χ2v) is 2.01. The van der Waals surface area contributed by atoms with Gasteiger partial charge in [0.25, 0.3) is 0 Å². The van der Waals surface area contributed by atoms with Crippen molar-refractivity contribution in [3.8, 4) is 0 Å². The van der Waals surface area contributed by atoms with Crippen LogP contribution in [0.15, 0.2) is 0 Å². The molecule has 0 fully saturated rings. The van der Waals surface area contributed by atoms with Gasteiger partial charge in [0.2, 0.25) is 0 Å². The summed E-state index contributed by atoms with van der Waals surface area (Å²) in [7, 11) is 4.31. The molecule has 0 heterocycles. The van der Waals surface area contributed by atoms with Crippen LogP contribution in [0.2, 0.25) is 0 Å². The van der Waals surface area contributed by atoms with E-state index >= 15 is 0 Å². The first-order valence-electron chi connectivity index (χ1n) is 0.534. The van der Waals surface area contributed by atoms with E-state index in [9.17, 15) is 0 Å². The molecule has 0 aromatic rings. The second kappa shape index (κ2) is 1.76. The summed E-state index contributed by atoms with van der Waals surface area (Å²) >= 11 is -3.22. The van der Waals surface area contributed by atoms with E-state index in [-0.39, 0.29) is 0 Å². The van der Waals surface area contributed by atoms with E-state index in [1.807, 2.05) is 0 Å². The topological polar surface area (TPSA) is 34.1 Å². The van der Waals surface area contributed by atoms with Crippen molar-refractivity contribution in [2.45, 2.75) is 0 Å². The molecule has 0 saturated heterocycles. The maximum absolute atomic E-state index is 8.88. The fourth-order valence-corrected chi connectivity index (χ4v) is 0. The first-order valence-corrected chi connectivity index (χ1v) is 3.60. The summed E-state index contributed by atoms with van der Waals surface area (Å²) in [4.78, 5) is 0. The van der Waals surface area contributed by atoms with Gasteiger partial charge in [0.05, 0.1) is 0 Å². The fraction of sp³-hybridized carbons (Fsp3) is 0. The summed E-state index contributed by atoms with van der Waals surface area (Å²) < 4.78 is 17.8. The van der Waals surface area contributed by atoms with Crippen LogP contribution in [0.25, 0.3) is 0 Å². The van der Waals surface area contributed by atoms with Crippen LogP contribution in [-0.2, 0) is 21.4 Å². The van der Waals surface area contributed by atoms with E-state index in [1.165, 1.54) is 0 Å². The van der Waals surface area contributed by atoms with Crippen LogP contribution >= 0.6 is 9.85 Å². The molecule has 0 aromatic heterocycles. The zero-order valence-corrected chi connectivity index (χ0v) is 3.79. The van der Waals surface area contributed by atoms with E-state index in [1.54, 1.807) is 0 Å². The minimum atomic E-state index is -3.22. The van der Waals surface area contributed by atoms with Gasteiger partial charge in [-0.15, -0.1) is 0 Å². The van der Waals surface area contributed by atoms with Crippen LogP contribution in [0.3, 0.4) is 0 Å². The molecule has 0 N–H and O–H groups in total. The Morgan fingerprint density at radius 3 is 1.50 bits per heavy atom. The van der Waals surface area contributed by atoms with Crippen molar-refractivity contribution in [3.05, 3.63) is 0 Å². The van der Waals surface area contributed by atoms with Gasteiger partial charge in [0, 0.05) is 0 Å². The number of rotatable bonds is 0. The first-order chi connectivity index (χ1) is 1.73. The number of hydrogen-bond donors (Lipinski definition) is 0. The summed E-state index contributed by atoms with van der Waals surface area (Å²) in [6, 6.07) is 0. The van der Waals surface area contributed by atoms with Gasteiger partial charge in [0.1, 0.15) is 0 Å². The number of hydrogen-bond acceptors (Lipinski definition) is 2. The zero-order valence-electron chi connectivity index (χ0n) is 1.64. The molecule has 0 unspecified atom stereocenters. The Morgan fingerprint density at radius 1 is 1.50 bits per heavy atom. The molecule has 0 spiro atoms. The van der Waals surface area contributed by atoms with Crippen LogP contribution in [0.5, 0.6) is 0 Å². The van der Waals surface area contributed by atoms with Gasteiger partial charge >= 0.3 is 31.3 Å². The van der Waals surface area contributed by atoms with Gasteiger partial charge in [-0.05, 0) is 0 Å². The Bertz CT molecular complexity index is 54.4. The first kappa shape index (κ1) is 4.47. The van der Waals surface area contributed by atoms with E-state index in [2.05, 4.69) is 9.85 Å². The van der Waals surface area contributed by atoms with Crippen molar-refractivity contribution < 1.29 is 21.4 Å². The third-order valence-electron chi connectivity index (χ3n) is 0. The van der Waals surface area contributed by atoms with Crippen LogP contribution in [-0.4, -0.2) is 0 Å². The summed E-state index contributed by atoms with van der Waals surface area (Å²) in [5.74, 6) is 0. The predicted octanol–water partition coefficient (Wildman–Crippen LogP) is 0.449.